The summed E-state index contributed by atoms with van der Waals surface area (Å²) >= 11 is 0. The predicted octanol–water partition coefficient (Wildman–Crippen LogP) is 12.5. The van der Waals surface area contributed by atoms with Crippen LogP contribution in [0.25, 0.3) is 77.2 Å². The van der Waals surface area contributed by atoms with Crippen molar-refractivity contribution in [3.63, 3.8) is 0 Å². The molecule has 49 heavy (non-hydrogen) atoms. The fourth-order valence-electron chi connectivity index (χ4n) is 8.23. The fraction of sp³-hybridized carbons (Fsp3) is 0.149. The van der Waals surface area contributed by atoms with Gasteiger partial charge in [-0.15, -0.1) is 0 Å². The van der Waals surface area contributed by atoms with Gasteiger partial charge in [-0.2, -0.15) is 0 Å². The van der Waals surface area contributed by atoms with Crippen LogP contribution in [0.1, 0.15) is 47.2 Å². The lowest BCUT2D eigenvalue weighted by molar-refractivity contribution is 0.660. The SMILES string of the molecule is Cc1cnc2c(ccc3c(C)c(C)c(-c4cccc5c(-c6ccc(-c7ccc8c(c7)C(C)(C)c7ccccc7-8)cc6)cccc45)nc32)c1C. The van der Waals surface area contributed by atoms with Gasteiger partial charge in [-0.3, -0.25) is 4.98 Å². The van der Waals surface area contributed by atoms with Gasteiger partial charge in [-0.05, 0) is 111 Å². The van der Waals surface area contributed by atoms with Crippen LogP contribution in [0.15, 0.2) is 121 Å². The third kappa shape index (κ3) is 4.33. The number of pyridine rings is 2. The van der Waals surface area contributed by atoms with Gasteiger partial charge in [0.1, 0.15) is 0 Å². The van der Waals surface area contributed by atoms with E-state index >= 15 is 0 Å². The average molecular weight is 631 g/mol. The molecule has 0 fully saturated rings. The van der Waals surface area contributed by atoms with Crippen molar-refractivity contribution in [1.29, 1.82) is 0 Å². The largest absolute Gasteiger partial charge is 0.254 e. The molecule has 2 nitrogen and oxygen atoms in total. The Morgan fingerprint density at radius 3 is 1.84 bits per heavy atom. The number of fused-ring (bicyclic) bond motifs is 7. The first kappa shape index (κ1) is 29.5. The number of hydrogen-bond acceptors (Lipinski definition) is 2. The molecule has 9 rings (SSSR count). The molecule has 0 saturated heterocycles. The van der Waals surface area contributed by atoms with Gasteiger partial charge in [0.05, 0.1) is 16.7 Å². The highest BCUT2D eigenvalue weighted by atomic mass is 14.8. The number of aromatic nitrogens is 2. The molecule has 8 aromatic rings. The number of aryl methyl sites for hydroxylation is 3. The molecule has 0 spiro atoms. The average Bonchev–Trinajstić information content (AvgIpc) is 3.36. The number of rotatable bonds is 3. The van der Waals surface area contributed by atoms with Gasteiger partial charge in [0.15, 0.2) is 0 Å². The molecule has 0 N–H and O–H groups in total. The summed E-state index contributed by atoms with van der Waals surface area (Å²) in [6.45, 7) is 13.4. The molecule has 6 aromatic carbocycles. The van der Waals surface area contributed by atoms with Gasteiger partial charge in [0, 0.05) is 27.9 Å². The van der Waals surface area contributed by atoms with Crippen molar-refractivity contribution in [2.75, 3.05) is 0 Å². The van der Waals surface area contributed by atoms with E-state index in [2.05, 4.69) is 157 Å². The summed E-state index contributed by atoms with van der Waals surface area (Å²) in [5, 5.41) is 4.78. The molecule has 0 radical (unpaired) electrons. The zero-order chi connectivity index (χ0) is 33.6. The topological polar surface area (TPSA) is 25.8 Å². The molecule has 1 aliphatic rings. The summed E-state index contributed by atoms with van der Waals surface area (Å²) in [6, 6.07) is 42.6. The van der Waals surface area contributed by atoms with E-state index in [0.29, 0.717) is 0 Å². The maximum absolute atomic E-state index is 5.39. The van der Waals surface area contributed by atoms with Crippen molar-refractivity contribution in [2.24, 2.45) is 0 Å². The molecule has 2 heterocycles. The van der Waals surface area contributed by atoms with E-state index in [1.165, 1.54) is 88.3 Å². The third-order valence-electron chi connectivity index (χ3n) is 11.4. The molecule has 236 valence electrons. The molecular weight excluding hydrogens is 593 g/mol. The van der Waals surface area contributed by atoms with Gasteiger partial charge in [0.25, 0.3) is 0 Å². The van der Waals surface area contributed by atoms with E-state index in [4.69, 9.17) is 9.97 Å². The zero-order valence-corrected chi connectivity index (χ0v) is 28.9. The van der Waals surface area contributed by atoms with Crippen LogP contribution in [0.4, 0.5) is 0 Å². The van der Waals surface area contributed by atoms with Crippen molar-refractivity contribution in [3.8, 4) is 44.6 Å². The van der Waals surface area contributed by atoms with Crippen LogP contribution in [0, 0.1) is 27.7 Å². The van der Waals surface area contributed by atoms with Crippen LogP contribution < -0.4 is 0 Å². The van der Waals surface area contributed by atoms with Gasteiger partial charge >= 0.3 is 0 Å². The third-order valence-corrected chi connectivity index (χ3v) is 11.4. The molecule has 0 atom stereocenters. The lowest BCUT2D eigenvalue weighted by Gasteiger charge is -2.22. The van der Waals surface area contributed by atoms with Gasteiger partial charge in [-0.1, -0.05) is 123 Å². The Morgan fingerprint density at radius 2 is 1.06 bits per heavy atom. The Labute approximate surface area is 288 Å². The van der Waals surface area contributed by atoms with Crippen LogP contribution in [-0.2, 0) is 5.41 Å². The van der Waals surface area contributed by atoms with E-state index in [-0.39, 0.29) is 5.41 Å². The number of benzene rings is 6. The van der Waals surface area contributed by atoms with Crippen LogP contribution in [0.5, 0.6) is 0 Å². The highest BCUT2D eigenvalue weighted by Gasteiger charge is 2.35. The lowest BCUT2D eigenvalue weighted by atomic mass is 9.81. The first-order valence-corrected chi connectivity index (χ1v) is 17.3. The Morgan fingerprint density at radius 1 is 0.449 bits per heavy atom. The molecule has 0 amide bonds. The number of hydrogen-bond donors (Lipinski definition) is 0. The minimum atomic E-state index is -0.0130. The first-order valence-electron chi connectivity index (χ1n) is 17.3. The Hall–Kier alpha value is -5.60. The smallest absolute Gasteiger partial charge is 0.0975 e. The lowest BCUT2D eigenvalue weighted by Crippen LogP contribution is -2.14. The monoisotopic (exact) mass is 630 g/mol. The molecule has 2 heteroatoms. The normalized spacial score (nSPS) is 13.3. The highest BCUT2D eigenvalue weighted by Crippen LogP contribution is 2.49. The second-order valence-corrected chi connectivity index (χ2v) is 14.3. The maximum atomic E-state index is 5.39. The second kappa shape index (κ2) is 10.7. The summed E-state index contributed by atoms with van der Waals surface area (Å²) < 4.78 is 0. The van der Waals surface area contributed by atoms with E-state index in [1.54, 1.807) is 0 Å². The van der Waals surface area contributed by atoms with Gasteiger partial charge < -0.3 is 0 Å². The Balaban J connectivity index is 1.14. The summed E-state index contributed by atoms with van der Waals surface area (Å²) in [5.74, 6) is 0. The second-order valence-electron chi connectivity index (χ2n) is 14.3. The molecule has 0 bridgehead atoms. The van der Waals surface area contributed by atoms with Crippen LogP contribution >= 0.6 is 0 Å². The Kier molecular flexibility index (Phi) is 6.45. The summed E-state index contributed by atoms with van der Waals surface area (Å²) in [5.41, 5.74) is 19.5. The molecule has 2 aromatic heterocycles. The van der Waals surface area contributed by atoms with E-state index in [1.807, 2.05) is 6.20 Å². The molecular formula is C47H38N2. The van der Waals surface area contributed by atoms with E-state index < -0.39 is 0 Å². The summed E-state index contributed by atoms with van der Waals surface area (Å²) in [4.78, 5) is 10.3. The van der Waals surface area contributed by atoms with Crippen molar-refractivity contribution in [3.05, 3.63) is 155 Å². The van der Waals surface area contributed by atoms with E-state index in [9.17, 15) is 0 Å². The van der Waals surface area contributed by atoms with Gasteiger partial charge in [-0.25, -0.2) is 4.98 Å². The highest BCUT2D eigenvalue weighted by molar-refractivity contribution is 6.09. The molecule has 0 unspecified atom stereocenters. The standard InChI is InChI=1S/C47H38N2/c1-27-26-48-45-34(28(27)2)23-24-35-29(3)30(4)44(49-46(35)45)41-15-10-13-37-36(12-9-14-38(37)41)32-19-17-31(18-20-32)33-21-22-40-39-11-7-8-16-42(39)47(5,6)43(40)25-33/h7-26H,1-6H3. The van der Waals surface area contributed by atoms with Crippen molar-refractivity contribution < 1.29 is 0 Å². The maximum Gasteiger partial charge on any atom is 0.0975 e. The van der Waals surface area contributed by atoms with Crippen molar-refractivity contribution in [1.82, 2.24) is 9.97 Å². The first-order chi connectivity index (χ1) is 23.7. The van der Waals surface area contributed by atoms with Crippen LogP contribution in [-0.4, -0.2) is 9.97 Å². The van der Waals surface area contributed by atoms with Crippen molar-refractivity contribution in [2.45, 2.75) is 47.0 Å². The fourth-order valence-corrected chi connectivity index (χ4v) is 8.23. The van der Waals surface area contributed by atoms with Crippen LogP contribution in [0.2, 0.25) is 0 Å². The quantitative estimate of drug-likeness (QED) is 0.182. The zero-order valence-electron chi connectivity index (χ0n) is 28.9. The molecule has 0 aliphatic heterocycles. The summed E-state index contributed by atoms with van der Waals surface area (Å²) in [6.07, 6.45) is 1.98. The minimum absolute atomic E-state index is 0.0130. The Bertz CT molecular complexity index is 2660. The molecule has 1 aliphatic carbocycles. The van der Waals surface area contributed by atoms with Gasteiger partial charge in [0.2, 0.25) is 0 Å². The molecule has 0 saturated carbocycles. The minimum Gasteiger partial charge on any atom is -0.254 e. The van der Waals surface area contributed by atoms with Crippen LogP contribution in [0.3, 0.4) is 0 Å². The predicted molar refractivity (Wildman–Crippen MR) is 207 cm³/mol. The van der Waals surface area contributed by atoms with E-state index in [0.717, 1.165) is 22.3 Å². The summed E-state index contributed by atoms with van der Waals surface area (Å²) in [7, 11) is 0. The van der Waals surface area contributed by atoms with Crippen molar-refractivity contribution >= 4 is 32.6 Å². The number of nitrogens with zero attached hydrogens (tertiary/aromatic N) is 2.